The molecular formula is C19H24FN3O2. The van der Waals surface area contributed by atoms with Crippen LogP contribution >= 0.6 is 0 Å². The van der Waals surface area contributed by atoms with Gasteiger partial charge in [0.05, 0.1) is 29.5 Å². The number of amides is 1. The lowest BCUT2D eigenvalue weighted by atomic mass is 10.1. The second kappa shape index (κ2) is 6.50. The van der Waals surface area contributed by atoms with Gasteiger partial charge in [0.2, 0.25) is 0 Å². The van der Waals surface area contributed by atoms with E-state index in [2.05, 4.69) is 25.9 Å². The zero-order chi connectivity index (χ0) is 18.2. The lowest BCUT2D eigenvalue weighted by Crippen LogP contribution is -2.33. The third-order valence-electron chi connectivity index (χ3n) is 4.36. The van der Waals surface area contributed by atoms with Crippen LogP contribution in [0, 0.1) is 5.82 Å². The van der Waals surface area contributed by atoms with E-state index in [4.69, 9.17) is 4.74 Å². The monoisotopic (exact) mass is 345 g/mol. The number of ether oxygens (including phenoxy) is 1. The summed E-state index contributed by atoms with van der Waals surface area (Å²) in [4.78, 5) is 14.8. The summed E-state index contributed by atoms with van der Waals surface area (Å²) in [6, 6.07) is 4.42. The molecule has 25 heavy (non-hydrogen) atoms. The molecule has 1 amide bonds. The average molecular weight is 345 g/mol. The Balaban J connectivity index is 1.92. The SMILES string of the molecule is CCc1c(C(=O)N2CCOc3ccc(F)cc3C2)cnn1C(C)(C)C. The molecule has 0 bridgehead atoms. The molecule has 0 aliphatic carbocycles. The molecular weight excluding hydrogens is 321 g/mol. The van der Waals surface area contributed by atoms with Gasteiger partial charge < -0.3 is 9.64 Å². The van der Waals surface area contributed by atoms with Gasteiger partial charge in [0, 0.05) is 12.1 Å². The van der Waals surface area contributed by atoms with Crippen molar-refractivity contribution in [3.8, 4) is 5.75 Å². The van der Waals surface area contributed by atoms with Gasteiger partial charge in [-0.15, -0.1) is 0 Å². The Morgan fingerprint density at radius 2 is 2.12 bits per heavy atom. The molecule has 1 aromatic heterocycles. The number of aromatic nitrogens is 2. The number of hydrogen-bond donors (Lipinski definition) is 0. The average Bonchev–Trinajstić information content (AvgIpc) is 2.88. The molecule has 1 aliphatic rings. The molecule has 6 heteroatoms. The molecule has 0 unspecified atom stereocenters. The van der Waals surface area contributed by atoms with E-state index in [9.17, 15) is 9.18 Å². The molecule has 0 spiro atoms. The molecule has 2 heterocycles. The Morgan fingerprint density at radius 1 is 1.36 bits per heavy atom. The van der Waals surface area contributed by atoms with Crippen LogP contribution in [0.3, 0.4) is 0 Å². The largest absolute Gasteiger partial charge is 0.491 e. The first-order valence-corrected chi connectivity index (χ1v) is 8.59. The van der Waals surface area contributed by atoms with E-state index in [1.165, 1.54) is 12.1 Å². The molecule has 0 atom stereocenters. The zero-order valence-electron chi connectivity index (χ0n) is 15.2. The van der Waals surface area contributed by atoms with Gasteiger partial charge in [-0.2, -0.15) is 5.10 Å². The second-order valence-electron chi connectivity index (χ2n) is 7.27. The van der Waals surface area contributed by atoms with Crippen LogP contribution in [-0.4, -0.2) is 33.7 Å². The summed E-state index contributed by atoms with van der Waals surface area (Å²) in [6.07, 6.45) is 2.36. The Hall–Kier alpha value is -2.37. The molecule has 1 aromatic carbocycles. The van der Waals surface area contributed by atoms with Gasteiger partial charge in [0.1, 0.15) is 18.2 Å². The van der Waals surface area contributed by atoms with Gasteiger partial charge in [0.15, 0.2) is 0 Å². The molecule has 0 saturated heterocycles. The Bertz CT molecular complexity index is 792. The third kappa shape index (κ3) is 3.38. The predicted molar refractivity (Wildman–Crippen MR) is 93.2 cm³/mol. The number of carbonyl (C=O) groups is 1. The Kier molecular flexibility index (Phi) is 4.54. The maximum atomic E-state index is 13.6. The third-order valence-corrected chi connectivity index (χ3v) is 4.36. The summed E-state index contributed by atoms with van der Waals surface area (Å²) in [5.74, 6) is 0.220. The maximum Gasteiger partial charge on any atom is 0.257 e. The fourth-order valence-corrected chi connectivity index (χ4v) is 3.18. The van der Waals surface area contributed by atoms with Crippen molar-refractivity contribution in [3.63, 3.8) is 0 Å². The van der Waals surface area contributed by atoms with E-state index < -0.39 is 0 Å². The van der Waals surface area contributed by atoms with E-state index in [0.717, 1.165) is 5.69 Å². The van der Waals surface area contributed by atoms with Crippen LogP contribution in [0.2, 0.25) is 0 Å². The maximum absolute atomic E-state index is 13.6. The number of halogens is 1. The van der Waals surface area contributed by atoms with E-state index in [1.54, 1.807) is 17.2 Å². The van der Waals surface area contributed by atoms with E-state index in [-0.39, 0.29) is 17.3 Å². The first kappa shape index (κ1) is 17.5. The van der Waals surface area contributed by atoms with Crippen molar-refractivity contribution in [2.75, 3.05) is 13.2 Å². The Labute approximate surface area is 147 Å². The lowest BCUT2D eigenvalue weighted by Gasteiger charge is -2.24. The quantitative estimate of drug-likeness (QED) is 0.838. The molecule has 0 fully saturated rings. The number of carbonyl (C=O) groups excluding carboxylic acids is 1. The van der Waals surface area contributed by atoms with Gasteiger partial charge in [-0.05, 0) is 45.4 Å². The fraction of sp³-hybridized carbons (Fsp3) is 0.474. The Morgan fingerprint density at radius 3 is 2.80 bits per heavy atom. The number of hydrogen-bond acceptors (Lipinski definition) is 3. The van der Waals surface area contributed by atoms with Gasteiger partial charge in [-0.1, -0.05) is 6.92 Å². The van der Waals surface area contributed by atoms with Crippen molar-refractivity contribution in [2.24, 2.45) is 0 Å². The fourth-order valence-electron chi connectivity index (χ4n) is 3.18. The molecule has 1 aliphatic heterocycles. The standard InChI is InChI=1S/C19H24FN3O2/c1-5-16-15(11-21-23(16)19(2,3)4)18(24)22-8-9-25-17-7-6-14(20)10-13(17)12-22/h6-7,10-11H,5,8-9,12H2,1-4H3. The molecule has 0 radical (unpaired) electrons. The predicted octanol–water partition coefficient (Wildman–Crippen LogP) is 3.37. The summed E-state index contributed by atoms with van der Waals surface area (Å²) in [7, 11) is 0. The molecule has 3 rings (SSSR count). The second-order valence-corrected chi connectivity index (χ2v) is 7.27. The van der Waals surface area contributed by atoms with Crippen LogP contribution in [0.1, 0.15) is 49.3 Å². The van der Waals surface area contributed by atoms with Gasteiger partial charge in [-0.3, -0.25) is 9.48 Å². The minimum Gasteiger partial charge on any atom is -0.491 e. The smallest absolute Gasteiger partial charge is 0.257 e. The van der Waals surface area contributed by atoms with Crippen LogP contribution < -0.4 is 4.74 Å². The number of fused-ring (bicyclic) bond motifs is 1. The summed E-state index contributed by atoms with van der Waals surface area (Å²) in [6.45, 7) is 9.38. The molecule has 5 nitrogen and oxygen atoms in total. The first-order chi connectivity index (χ1) is 11.8. The van der Waals surface area contributed by atoms with Crippen LogP contribution in [0.5, 0.6) is 5.75 Å². The van der Waals surface area contributed by atoms with Crippen molar-refractivity contribution >= 4 is 5.91 Å². The van der Waals surface area contributed by atoms with E-state index in [0.29, 0.717) is 43.0 Å². The number of benzene rings is 1. The highest BCUT2D eigenvalue weighted by atomic mass is 19.1. The first-order valence-electron chi connectivity index (χ1n) is 8.59. The summed E-state index contributed by atoms with van der Waals surface area (Å²) in [5.41, 5.74) is 2.02. The van der Waals surface area contributed by atoms with Gasteiger partial charge in [-0.25, -0.2) is 4.39 Å². The summed E-state index contributed by atoms with van der Waals surface area (Å²) in [5, 5.41) is 4.43. The minimum atomic E-state index is -0.327. The number of nitrogens with zero attached hydrogens (tertiary/aromatic N) is 3. The minimum absolute atomic E-state index is 0.0898. The van der Waals surface area contributed by atoms with Crippen LogP contribution in [-0.2, 0) is 18.5 Å². The van der Waals surface area contributed by atoms with Gasteiger partial charge >= 0.3 is 0 Å². The highest BCUT2D eigenvalue weighted by Crippen LogP contribution is 2.26. The molecule has 0 N–H and O–H groups in total. The zero-order valence-corrected chi connectivity index (χ0v) is 15.2. The molecule has 2 aromatic rings. The highest BCUT2D eigenvalue weighted by molar-refractivity contribution is 5.95. The molecule has 0 saturated carbocycles. The van der Waals surface area contributed by atoms with E-state index in [1.807, 2.05) is 11.6 Å². The lowest BCUT2D eigenvalue weighted by molar-refractivity contribution is 0.0731. The molecule has 134 valence electrons. The summed E-state index contributed by atoms with van der Waals surface area (Å²) < 4.78 is 21.1. The van der Waals surface area contributed by atoms with Crippen molar-refractivity contribution in [3.05, 3.63) is 47.0 Å². The normalized spacial score (nSPS) is 14.7. The van der Waals surface area contributed by atoms with Crippen molar-refractivity contribution in [2.45, 2.75) is 46.2 Å². The topological polar surface area (TPSA) is 47.4 Å². The van der Waals surface area contributed by atoms with Crippen molar-refractivity contribution in [1.82, 2.24) is 14.7 Å². The van der Waals surface area contributed by atoms with Crippen molar-refractivity contribution < 1.29 is 13.9 Å². The summed E-state index contributed by atoms with van der Waals surface area (Å²) >= 11 is 0. The van der Waals surface area contributed by atoms with E-state index >= 15 is 0 Å². The van der Waals surface area contributed by atoms with Gasteiger partial charge in [0.25, 0.3) is 5.91 Å². The van der Waals surface area contributed by atoms with Crippen LogP contribution in [0.25, 0.3) is 0 Å². The number of rotatable bonds is 2. The van der Waals surface area contributed by atoms with Crippen LogP contribution in [0.4, 0.5) is 4.39 Å². The van der Waals surface area contributed by atoms with Crippen molar-refractivity contribution in [1.29, 1.82) is 0 Å². The highest BCUT2D eigenvalue weighted by Gasteiger charge is 2.27. The van der Waals surface area contributed by atoms with Crippen LogP contribution in [0.15, 0.2) is 24.4 Å².